The van der Waals surface area contributed by atoms with Crippen LogP contribution in [0, 0.1) is 0 Å². The first-order chi connectivity index (χ1) is 1.00. The third-order valence-corrected chi connectivity index (χ3v) is 0. The minimum atomic E-state index is 0. The molecule has 0 spiro atoms. The van der Waals surface area contributed by atoms with E-state index in [2.05, 4.69) is 28.4 Å². The SMILES string of the molecule is [Cr].[Cu].[MgH2].[Mn][SeH]. The molecule has 35 valence electrons. The maximum atomic E-state index is 2.88. The Morgan fingerprint density at radius 2 is 1.20 bits per heavy atom. The van der Waals surface area contributed by atoms with Gasteiger partial charge in [0.1, 0.15) is 0 Å². The first-order valence-electron chi connectivity index (χ1n) is 0.169. The van der Waals surface area contributed by atoms with Crippen molar-refractivity contribution >= 4 is 37.2 Å². The molecular formula is H3CrCuMgMnSe. The van der Waals surface area contributed by atoms with Gasteiger partial charge in [-0.3, -0.25) is 0 Å². The van der Waals surface area contributed by atoms with Crippen molar-refractivity contribution in [2.75, 3.05) is 0 Å². The van der Waals surface area contributed by atoms with Gasteiger partial charge in [-0.25, -0.2) is 0 Å². The molecule has 0 aliphatic heterocycles. The van der Waals surface area contributed by atoms with E-state index < -0.39 is 0 Å². The van der Waals surface area contributed by atoms with E-state index in [-0.39, 0.29) is 57.5 Å². The van der Waals surface area contributed by atoms with Crippen LogP contribution in [0.1, 0.15) is 0 Å². The van der Waals surface area contributed by atoms with E-state index in [1.807, 2.05) is 0 Å². The maximum absolute atomic E-state index is 2.88. The van der Waals surface area contributed by atoms with E-state index in [9.17, 15) is 0 Å². The fourth-order valence-corrected chi connectivity index (χ4v) is 0. The second-order valence-electron chi connectivity index (χ2n) is 0. The molecule has 0 saturated heterocycles. The minimum absolute atomic E-state index is 0. The Bertz CT molecular complexity index is 11.6. The molecule has 0 atom stereocenters. The van der Waals surface area contributed by atoms with Crippen LogP contribution in [-0.4, -0.2) is 37.2 Å². The molecule has 0 unspecified atom stereocenters. The predicted molar refractivity (Wildman–Crippen MR) is 15.7 cm³/mol. The van der Waals surface area contributed by atoms with Gasteiger partial charge in [0.15, 0.2) is 0 Å². The Hall–Kier alpha value is 2.86. The van der Waals surface area contributed by atoms with Crippen LogP contribution in [-0.2, 0) is 48.6 Å². The van der Waals surface area contributed by atoms with Crippen LogP contribution in [0.2, 0.25) is 0 Å². The number of hydrogen-bond acceptors (Lipinski definition) is 0. The van der Waals surface area contributed by atoms with Crippen molar-refractivity contribution in [3.05, 3.63) is 0 Å². The van der Waals surface area contributed by atoms with Crippen molar-refractivity contribution in [2.45, 2.75) is 0 Å². The van der Waals surface area contributed by atoms with Gasteiger partial charge in [0.25, 0.3) is 0 Å². The van der Waals surface area contributed by atoms with Crippen molar-refractivity contribution in [2.24, 2.45) is 0 Å². The van der Waals surface area contributed by atoms with Gasteiger partial charge < -0.3 is 0 Å². The third kappa shape index (κ3) is 19.8. The Morgan fingerprint density at radius 3 is 1.20 bits per heavy atom. The van der Waals surface area contributed by atoms with Crippen molar-refractivity contribution in [3.63, 3.8) is 0 Å². The van der Waals surface area contributed by atoms with Crippen LogP contribution in [0.15, 0.2) is 0 Å². The normalized spacial score (nSPS) is 1.20. The molecule has 1 radical (unpaired) electrons. The molecule has 0 aromatic heterocycles. The second-order valence-corrected chi connectivity index (χ2v) is 0. The Kier molecular flexibility index (Phi) is 143. The molecule has 0 N–H and O–H groups in total. The number of rotatable bonds is 0. The van der Waals surface area contributed by atoms with E-state index >= 15 is 0 Å². The van der Waals surface area contributed by atoms with E-state index in [1.165, 1.54) is 0 Å². The molecule has 0 aliphatic carbocycles. The average molecular weight is 277 g/mol. The summed E-state index contributed by atoms with van der Waals surface area (Å²) in [5.41, 5.74) is 0. The molecule has 0 aliphatic rings. The van der Waals surface area contributed by atoms with Crippen molar-refractivity contribution in [3.8, 4) is 0 Å². The average Bonchev–Trinajstić information content (AvgIpc) is 1.00. The second kappa shape index (κ2) is 28.8. The van der Waals surface area contributed by atoms with Gasteiger partial charge in [0.2, 0.25) is 0 Å². The molecule has 5 heteroatoms. The van der Waals surface area contributed by atoms with Crippen LogP contribution in [0.25, 0.3) is 0 Å². The van der Waals surface area contributed by atoms with Gasteiger partial charge in [-0.05, 0) is 0 Å². The van der Waals surface area contributed by atoms with Gasteiger partial charge in [-0.1, -0.05) is 0 Å². The summed E-state index contributed by atoms with van der Waals surface area (Å²) in [4.78, 5) is 0. The summed E-state index contributed by atoms with van der Waals surface area (Å²) in [5.74, 6) is 0. The van der Waals surface area contributed by atoms with Gasteiger partial charge in [-0.15, -0.1) is 0 Å². The third-order valence-electron chi connectivity index (χ3n) is 0. The topological polar surface area (TPSA) is 0 Å². The summed E-state index contributed by atoms with van der Waals surface area (Å²) >= 11 is 5.00. The summed E-state index contributed by atoms with van der Waals surface area (Å²) in [5, 5.41) is 0. The Labute approximate surface area is 84.5 Å². The van der Waals surface area contributed by atoms with E-state index in [0.29, 0.717) is 0 Å². The summed E-state index contributed by atoms with van der Waals surface area (Å²) in [6.45, 7) is 0. The molecule has 0 saturated carbocycles. The fraction of sp³-hybridized carbons (Fsp3) is 0. The Balaban J connectivity index is -0.00000000167. The van der Waals surface area contributed by atoms with Crippen LogP contribution in [0.5, 0.6) is 0 Å². The zero-order valence-corrected chi connectivity index (χ0v) is 6.81. The summed E-state index contributed by atoms with van der Waals surface area (Å²) < 4.78 is 0. The van der Waals surface area contributed by atoms with Crippen molar-refractivity contribution < 1.29 is 48.6 Å². The van der Waals surface area contributed by atoms with E-state index in [1.54, 1.807) is 0 Å². The molecule has 0 fully saturated rings. The molecule has 0 amide bonds. The first kappa shape index (κ1) is 24.8. The molecule has 0 bridgehead atoms. The molecule has 0 aromatic carbocycles. The van der Waals surface area contributed by atoms with Crippen molar-refractivity contribution in [1.82, 2.24) is 0 Å². The zero-order valence-electron chi connectivity index (χ0n) is 1.53. The quantitative estimate of drug-likeness (QED) is 0.469. The molecule has 5 heavy (non-hydrogen) atoms. The predicted octanol–water partition coefficient (Wildman–Crippen LogP) is -1.57. The van der Waals surface area contributed by atoms with Gasteiger partial charge in [0.05, 0.1) is 0 Å². The van der Waals surface area contributed by atoms with Gasteiger partial charge in [0, 0.05) is 34.4 Å². The molecule has 0 rings (SSSR count). The molecular weight excluding hydrogens is 274 g/mol. The molecule has 0 nitrogen and oxygen atoms in total. The van der Waals surface area contributed by atoms with E-state index in [4.69, 9.17) is 0 Å². The van der Waals surface area contributed by atoms with Crippen molar-refractivity contribution in [1.29, 1.82) is 0 Å². The summed E-state index contributed by atoms with van der Waals surface area (Å²) in [6, 6.07) is 0. The Morgan fingerprint density at radius 1 is 1.20 bits per heavy atom. The summed E-state index contributed by atoms with van der Waals surface area (Å²) in [7, 11) is 0. The number of hydrogen-bond donors (Lipinski definition) is 0. The standard InChI is InChI=1S/Cr.Cu.Mg.Mn.H2Se.2H/h;;;;1H2;;/q;;;+1;;;/p-1. The summed E-state index contributed by atoms with van der Waals surface area (Å²) in [6.07, 6.45) is 0. The van der Waals surface area contributed by atoms with Crippen LogP contribution in [0.3, 0.4) is 0 Å². The van der Waals surface area contributed by atoms with E-state index in [0.717, 1.165) is 0 Å². The fourth-order valence-electron chi connectivity index (χ4n) is 0. The van der Waals surface area contributed by atoms with Gasteiger partial charge in [-0.2, -0.15) is 0 Å². The van der Waals surface area contributed by atoms with Crippen LogP contribution in [0.4, 0.5) is 0 Å². The van der Waals surface area contributed by atoms with Crippen LogP contribution >= 0.6 is 0 Å². The zero-order chi connectivity index (χ0) is 2.00. The van der Waals surface area contributed by atoms with Crippen LogP contribution < -0.4 is 0 Å². The first-order valence-corrected chi connectivity index (χ1v) is 3.62. The molecule has 0 heterocycles. The molecule has 0 aromatic rings. The monoisotopic (exact) mass is 277 g/mol. The van der Waals surface area contributed by atoms with Gasteiger partial charge >= 0.3 is 51.4 Å².